The normalized spacial score (nSPS) is 16.7. The molecule has 1 fully saturated rings. The van der Waals surface area contributed by atoms with Gasteiger partial charge in [-0.25, -0.2) is 23.2 Å². The Morgan fingerprint density at radius 1 is 1.24 bits per heavy atom. The topological polar surface area (TPSA) is 105 Å². The number of carbonyl (C=O) groups is 2. The largest absolute Gasteiger partial charge is 0.496 e. The number of nitrogens with zero attached hydrogens (tertiary/aromatic N) is 2. The van der Waals surface area contributed by atoms with Crippen LogP contribution in [0.1, 0.15) is 51.5 Å². The van der Waals surface area contributed by atoms with Crippen LogP contribution in [0.25, 0.3) is 11.3 Å². The van der Waals surface area contributed by atoms with Crippen molar-refractivity contribution in [3.8, 4) is 17.0 Å². The summed E-state index contributed by atoms with van der Waals surface area (Å²) in [6.07, 6.45) is -0.715. The van der Waals surface area contributed by atoms with Crippen molar-refractivity contribution in [2.75, 3.05) is 19.1 Å². The lowest BCUT2D eigenvalue weighted by Crippen LogP contribution is -2.23. The molecule has 1 heterocycles. The number of imidazole rings is 1. The first kappa shape index (κ1) is 23.2. The Bertz CT molecular complexity index is 1230. The summed E-state index contributed by atoms with van der Waals surface area (Å²) < 4.78 is 33.8. The summed E-state index contributed by atoms with van der Waals surface area (Å²) in [5.41, 5.74) is 4.50. The van der Waals surface area contributed by atoms with Gasteiger partial charge in [0.25, 0.3) is 5.91 Å². The van der Waals surface area contributed by atoms with Gasteiger partial charge in [0, 0.05) is 18.7 Å². The molecule has 2 atom stereocenters. The van der Waals surface area contributed by atoms with E-state index in [1.807, 2.05) is 6.92 Å². The molecule has 1 amide bonds. The second-order valence-electron chi connectivity index (χ2n) is 7.90. The number of rotatable bonds is 9. The van der Waals surface area contributed by atoms with Crippen LogP contribution in [0.2, 0.25) is 0 Å². The van der Waals surface area contributed by atoms with Gasteiger partial charge in [-0.3, -0.25) is 4.79 Å². The SMILES string of the molecule is CCNn1c([C@@H]2C[C@@H]2F)nc(-c2ccc(CNC(=O)c3cc(F)ccc3OC)cc2)c1C(=O)O. The van der Waals surface area contributed by atoms with Crippen molar-refractivity contribution in [3.63, 3.8) is 0 Å². The zero-order chi connectivity index (χ0) is 24.4. The molecule has 34 heavy (non-hydrogen) atoms. The zero-order valence-corrected chi connectivity index (χ0v) is 18.6. The molecular formula is C24H24F2N4O4. The van der Waals surface area contributed by atoms with Gasteiger partial charge in [-0.1, -0.05) is 24.3 Å². The summed E-state index contributed by atoms with van der Waals surface area (Å²) in [5.74, 6) is -2.03. The number of aromatic nitrogens is 2. The van der Waals surface area contributed by atoms with E-state index < -0.39 is 29.8 Å². The van der Waals surface area contributed by atoms with Crippen molar-refractivity contribution < 1.29 is 28.2 Å². The molecule has 0 unspecified atom stereocenters. The molecule has 4 rings (SSSR count). The van der Waals surface area contributed by atoms with Gasteiger partial charge in [0.1, 0.15) is 29.3 Å². The lowest BCUT2D eigenvalue weighted by molar-refractivity contribution is 0.0687. The predicted octanol–water partition coefficient (Wildman–Crippen LogP) is 3.71. The van der Waals surface area contributed by atoms with E-state index in [1.165, 1.54) is 23.9 Å². The molecule has 1 aliphatic rings. The van der Waals surface area contributed by atoms with E-state index in [9.17, 15) is 23.5 Å². The molecule has 1 saturated carbocycles. The Hall–Kier alpha value is -3.95. The average Bonchev–Trinajstić information content (AvgIpc) is 3.43. The number of carbonyl (C=O) groups excluding carboxylic acids is 1. The quantitative estimate of drug-likeness (QED) is 0.440. The van der Waals surface area contributed by atoms with Gasteiger partial charge in [0.2, 0.25) is 0 Å². The fraction of sp³-hybridized carbons (Fsp3) is 0.292. The van der Waals surface area contributed by atoms with Crippen molar-refractivity contribution >= 4 is 11.9 Å². The van der Waals surface area contributed by atoms with Crippen LogP contribution in [-0.4, -0.2) is 46.5 Å². The lowest BCUT2D eigenvalue weighted by atomic mass is 10.1. The number of halogens is 2. The third-order valence-electron chi connectivity index (χ3n) is 5.55. The molecule has 1 aromatic heterocycles. The molecule has 0 saturated heterocycles. The summed E-state index contributed by atoms with van der Waals surface area (Å²) in [4.78, 5) is 29.0. The van der Waals surface area contributed by atoms with E-state index in [0.717, 1.165) is 11.6 Å². The minimum Gasteiger partial charge on any atom is -0.496 e. The third-order valence-corrected chi connectivity index (χ3v) is 5.55. The van der Waals surface area contributed by atoms with Gasteiger partial charge >= 0.3 is 5.97 Å². The number of amides is 1. The highest BCUT2D eigenvalue weighted by atomic mass is 19.1. The summed E-state index contributed by atoms with van der Waals surface area (Å²) >= 11 is 0. The third kappa shape index (κ3) is 4.57. The Kier molecular flexibility index (Phi) is 6.49. The van der Waals surface area contributed by atoms with Gasteiger partial charge < -0.3 is 20.6 Å². The molecule has 0 aliphatic heterocycles. The van der Waals surface area contributed by atoms with E-state index in [2.05, 4.69) is 15.7 Å². The van der Waals surface area contributed by atoms with Crippen molar-refractivity contribution in [2.45, 2.75) is 32.0 Å². The number of nitrogens with one attached hydrogen (secondary N) is 2. The first-order valence-electron chi connectivity index (χ1n) is 10.8. The summed E-state index contributed by atoms with van der Waals surface area (Å²) in [5, 5.41) is 12.5. The maximum atomic E-state index is 13.7. The molecule has 3 aromatic rings. The Morgan fingerprint density at radius 3 is 2.53 bits per heavy atom. The van der Waals surface area contributed by atoms with Gasteiger partial charge in [-0.05, 0) is 37.1 Å². The van der Waals surface area contributed by atoms with Crippen LogP contribution in [0.4, 0.5) is 8.78 Å². The Balaban J connectivity index is 1.55. The average molecular weight is 470 g/mol. The van der Waals surface area contributed by atoms with Crippen molar-refractivity contribution in [1.29, 1.82) is 0 Å². The predicted molar refractivity (Wildman–Crippen MR) is 121 cm³/mol. The van der Waals surface area contributed by atoms with Crippen LogP contribution in [0.3, 0.4) is 0 Å². The number of carboxylic acids is 1. The van der Waals surface area contributed by atoms with Gasteiger partial charge in [0.05, 0.1) is 18.6 Å². The Labute approximate surface area is 194 Å². The van der Waals surface area contributed by atoms with E-state index in [1.54, 1.807) is 24.3 Å². The van der Waals surface area contributed by atoms with Gasteiger partial charge in [0.15, 0.2) is 5.69 Å². The van der Waals surface area contributed by atoms with E-state index in [0.29, 0.717) is 24.4 Å². The van der Waals surface area contributed by atoms with Crippen LogP contribution in [0.5, 0.6) is 5.75 Å². The highest BCUT2D eigenvalue weighted by molar-refractivity contribution is 5.97. The summed E-state index contributed by atoms with van der Waals surface area (Å²) in [6.45, 7) is 2.42. The molecule has 2 aromatic carbocycles. The number of hydrogen-bond acceptors (Lipinski definition) is 5. The molecule has 1 aliphatic carbocycles. The first-order chi connectivity index (χ1) is 16.3. The fourth-order valence-electron chi connectivity index (χ4n) is 3.75. The summed E-state index contributed by atoms with van der Waals surface area (Å²) in [6, 6.07) is 10.5. The molecule has 8 nitrogen and oxygen atoms in total. The fourth-order valence-corrected chi connectivity index (χ4v) is 3.75. The molecule has 3 N–H and O–H groups in total. The van der Waals surface area contributed by atoms with Crippen LogP contribution in [-0.2, 0) is 6.54 Å². The molecule has 178 valence electrons. The minimum absolute atomic E-state index is 0.0600. The Morgan fingerprint density at radius 2 is 1.94 bits per heavy atom. The standard InChI is InChI=1S/C24H24F2N4O4/c1-3-28-30-21(24(32)33)20(29-22(30)16-11-18(16)26)14-6-4-13(5-7-14)12-27-23(31)17-10-15(25)8-9-19(17)34-2/h4-10,16,18,28H,3,11-12H2,1-2H3,(H,27,31)(H,32,33)/t16-,18+/m1/s1. The molecular weight excluding hydrogens is 446 g/mol. The number of methoxy groups -OCH3 is 1. The van der Waals surface area contributed by atoms with Crippen molar-refractivity contribution in [2.24, 2.45) is 0 Å². The summed E-state index contributed by atoms with van der Waals surface area (Å²) in [7, 11) is 1.40. The smallest absolute Gasteiger partial charge is 0.356 e. The lowest BCUT2D eigenvalue weighted by Gasteiger charge is -2.11. The number of ether oxygens (including phenoxy) is 1. The minimum atomic E-state index is -1.17. The van der Waals surface area contributed by atoms with E-state index in [-0.39, 0.29) is 29.2 Å². The van der Waals surface area contributed by atoms with E-state index >= 15 is 0 Å². The molecule has 10 heteroatoms. The molecule has 0 spiro atoms. The number of carboxylic acid groups (broad SMARTS) is 1. The number of hydrogen-bond donors (Lipinski definition) is 3. The maximum absolute atomic E-state index is 13.7. The molecule has 0 bridgehead atoms. The van der Waals surface area contributed by atoms with Crippen LogP contribution < -0.4 is 15.5 Å². The molecule has 0 radical (unpaired) electrons. The number of aromatic carboxylic acids is 1. The maximum Gasteiger partial charge on any atom is 0.356 e. The first-order valence-corrected chi connectivity index (χ1v) is 10.8. The number of alkyl halides is 1. The van der Waals surface area contributed by atoms with Crippen molar-refractivity contribution in [3.05, 3.63) is 70.9 Å². The van der Waals surface area contributed by atoms with E-state index in [4.69, 9.17) is 4.74 Å². The second kappa shape index (κ2) is 9.50. The van der Waals surface area contributed by atoms with Crippen LogP contribution in [0.15, 0.2) is 42.5 Å². The zero-order valence-electron chi connectivity index (χ0n) is 18.6. The van der Waals surface area contributed by atoms with Gasteiger partial charge in [-0.15, -0.1) is 0 Å². The second-order valence-corrected chi connectivity index (χ2v) is 7.90. The number of benzene rings is 2. The van der Waals surface area contributed by atoms with Crippen molar-refractivity contribution in [1.82, 2.24) is 15.0 Å². The highest BCUT2D eigenvalue weighted by Crippen LogP contribution is 2.44. The van der Waals surface area contributed by atoms with Crippen LogP contribution >= 0.6 is 0 Å². The van der Waals surface area contributed by atoms with Gasteiger partial charge in [-0.2, -0.15) is 0 Å². The highest BCUT2D eigenvalue weighted by Gasteiger charge is 2.44. The van der Waals surface area contributed by atoms with Crippen LogP contribution in [0, 0.1) is 5.82 Å². The monoisotopic (exact) mass is 470 g/mol.